The molecule has 1 rings (SSSR count). The zero-order valence-corrected chi connectivity index (χ0v) is 11.1. The van der Waals surface area contributed by atoms with Crippen LogP contribution in [-0.4, -0.2) is 28.6 Å². The number of amides is 2. The maximum Gasteiger partial charge on any atom is 0.315 e. The summed E-state index contributed by atoms with van der Waals surface area (Å²) >= 11 is 0. The number of hydrogen-bond acceptors (Lipinski definition) is 3. The lowest BCUT2D eigenvalue weighted by atomic mass is 9.88. The Morgan fingerprint density at radius 1 is 1.32 bits per heavy atom. The van der Waals surface area contributed by atoms with Gasteiger partial charge < -0.3 is 15.7 Å². The maximum atomic E-state index is 11.6. The van der Waals surface area contributed by atoms with Crippen LogP contribution >= 0.6 is 0 Å². The zero-order chi connectivity index (χ0) is 14.3. The van der Waals surface area contributed by atoms with E-state index in [2.05, 4.69) is 15.6 Å². The molecule has 0 spiro atoms. The van der Waals surface area contributed by atoms with Crippen molar-refractivity contribution in [1.82, 2.24) is 15.6 Å². The summed E-state index contributed by atoms with van der Waals surface area (Å²) in [6.45, 7) is 3.87. The van der Waals surface area contributed by atoms with Crippen molar-refractivity contribution < 1.29 is 14.7 Å². The van der Waals surface area contributed by atoms with E-state index in [1.807, 2.05) is 0 Å². The second-order valence-electron chi connectivity index (χ2n) is 4.61. The van der Waals surface area contributed by atoms with Crippen LogP contribution < -0.4 is 10.6 Å². The van der Waals surface area contributed by atoms with Gasteiger partial charge in [-0.1, -0.05) is 6.92 Å². The molecule has 0 fully saturated rings. The van der Waals surface area contributed by atoms with Crippen molar-refractivity contribution in [2.24, 2.45) is 5.41 Å². The van der Waals surface area contributed by atoms with Gasteiger partial charge in [0.15, 0.2) is 0 Å². The summed E-state index contributed by atoms with van der Waals surface area (Å²) in [6.07, 6.45) is 3.74. The van der Waals surface area contributed by atoms with Gasteiger partial charge in [0.2, 0.25) is 0 Å². The molecule has 1 heterocycles. The van der Waals surface area contributed by atoms with E-state index in [1.165, 1.54) is 0 Å². The minimum absolute atomic E-state index is 0.0982. The average Bonchev–Trinajstić information content (AvgIpc) is 2.43. The molecule has 0 saturated heterocycles. The third-order valence-corrected chi connectivity index (χ3v) is 3.14. The summed E-state index contributed by atoms with van der Waals surface area (Å²) in [4.78, 5) is 26.5. The zero-order valence-electron chi connectivity index (χ0n) is 11.1. The van der Waals surface area contributed by atoms with Gasteiger partial charge in [-0.15, -0.1) is 0 Å². The van der Waals surface area contributed by atoms with Crippen molar-refractivity contribution in [2.75, 3.05) is 6.54 Å². The molecule has 1 unspecified atom stereocenters. The molecule has 19 heavy (non-hydrogen) atoms. The third kappa shape index (κ3) is 4.57. The second kappa shape index (κ2) is 6.72. The summed E-state index contributed by atoms with van der Waals surface area (Å²) in [5, 5.41) is 14.3. The standard InChI is InChI=1S/C13H19N3O3/c1-3-13(2,11(17)18)9-16-12(19)15-8-10-4-6-14-7-5-10/h4-7H,3,8-9H2,1-2H3,(H,17,18)(H2,15,16,19). The van der Waals surface area contributed by atoms with Gasteiger partial charge in [-0.3, -0.25) is 9.78 Å². The van der Waals surface area contributed by atoms with Gasteiger partial charge in [0.25, 0.3) is 0 Å². The normalized spacial score (nSPS) is 13.4. The van der Waals surface area contributed by atoms with Crippen LogP contribution in [0.1, 0.15) is 25.8 Å². The van der Waals surface area contributed by atoms with Crippen molar-refractivity contribution in [3.8, 4) is 0 Å². The van der Waals surface area contributed by atoms with Gasteiger partial charge in [-0.2, -0.15) is 0 Å². The molecule has 0 aliphatic heterocycles. The number of rotatable bonds is 6. The highest BCUT2D eigenvalue weighted by atomic mass is 16.4. The molecule has 0 aromatic carbocycles. The topological polar surface area (TPSA) is 91.3 Å². The molecule has 6 nitrogen and oxygen atoms in total. The molecule has 6 heteroatoms. The van der Waals surface area contributed by atoms with Crippen molar-refractivity contribution in [1.29, 1.82) is 0 Å². The summed E-state index contributed by atoms with van der Waals surface area (Å²) < 4.78 is 0. The van der Waals surface area contributed by atoms with Gasteiger partial charge in [-0.05, 0) is 31.0 Å². The molecule has 104 valence electrons. The lowest BCUT2D eigenvalue weighted by Gasteiger charge is -2.23. The van der Waals surface area contributed by atoms with Crippen LogP contribution in [0.4, 0.5) is 4.79 Å². The van der Waals surface area contributed by atoms with Gasteiger partial charge in [0.05, 0.1) is 5.41 Å². The van der Waals surface area contributed by atoms with E-state index in [0.29, 0.717) is 13.0 Å². The Balaban J connectivity index is 2.38. The largest absolute Gasteiger partial charge is 0.481 e. The lowest BCUT2D eigenvalue weighted by Crippen LogP contribution is -2.44. The molecule has 2 amide bonds. The Kier molecular flexibility index (Phi) is 5.29. The molecular formula is C13H19N3O3. The number of hydrogen-bond donors (Lipinski definition) is 3. The van der Waals surface area contributed by atoms with E-state index in [1.54, 1.807) is 38.4 Å². The van der Waals surface area contributed by atoms with E-state index < -0.39 is 11.4 Å². The molecular weight excluding hydrogens is 246 g/mol. The van der Waals surface area contributed by atoms with Crippen LogP contribution in [0.15, 0.2) is 24.5 Å². The van der Waals surface area contributed by atoms with E-state index in [0.717, 1.165) is 5.56 Å². The van der Waals surface area contributed by atoms with E-state index in [-0.39, 0.29) is 12.6 Å². The van der Waals surface area contributed by atoms with Crippen LogP contribution in [0.25, 0.3) is 0 Å². The number of carbonyl (C=O) groups is 2. The molecule has 0 saturated carbocycles. The van der Waals surface area contributed by atoms with Crippen molar-refractivity contribution in [3.05, 3.63) is 30.1 Å². The van der Waals surface area contributed by atoms with Gasteiger partial charge >= 0.3 is 12.0 Å². The quantitative estimate of drug-likeness (QED) is 0.724. The average molecular weight is 265 g/mol. The lowest BCUT2D eigenvalue weighted by molar-refractivity contribution is -0.147. The first kappa shape index (κ1) is 14.9. The SMILES string of the molecule is CCC(C)(CNC(=O)NCc1ccncc1)C(=O)O. The first-order chi connectivity index (χ1) is 8.98. The minimum atomic E-state index is -0.937. The fourth-order valence-electron chi connectivity index (χ4n) is 1.37. The number of pyridine rings is 1. The minimum Gasteiger partial charge on any atom is -0.481 e. The second-order valence-corrected chi connectivity index (χ2v) is 4.61. The number of aliphatic carboxylic acids is 1. The highest BCUT2D eigenvalue weighted by molar-refractivity contribution is 5.77. The monoisotopic (exact) mass is 265 g/mol. The molecule has 1 atom stereocenters. The van der Waals surface area contributed by atoms with Gasteiger partial charge in [0, 0.05) is 25.5 Å². The number of aromatic nitrogens is 1. The smallest absolute Gasteiger partial charge is 0.315 e. The van der Waals surface area contributed by atoms with Crippen LogP contribution in [0.3, 0.4) is 0 Å². The van der Waals surface area contributed by atoms with Crippen LogP contribution in [0.5, 0.6) is 0 Å². The van der Waals surface area contributed by atoms with Crippen molar-refractivity contribution >= 4 is 12.0 Å². The van der Waals surface area contributed by atoms with Gasteiger partial charge in [0.1, 0.15) is 0 Å². The predicted octanol–water partition coefficient (Wildman–Crippen LogP) is 1.38. The van der Waals surface area contributed by atoms with E-state index in [4.69, 9.17) is 5.11 Å². The molecule has 0 radical (unpaired) electrons. The van der Waals surface area contributed by atoms with E-state index >= 15 is 0 Å². The number of urea groups is 1. The Bertz CT molecular complexity index is 436. The number of carboxylic acids is 1. The van der Waals surface area contributed by atoms with Crippen molar-refractivity contribution in [2.45, 2.75) is 26.8 Å². The highest BCUT2D eigenvalue weighted by Gasteiger charge is 2.31. The Morgan fingerprint density at radius 3 is 2.47 bits per heavy atom. The van der Waals surface area contributed by atoms with Crippen LogP contribution in [-0.2, 0) is 11.3 Å². The number of nitrogens with zero attached hydrogens (tertiary/aromatic N) is 1. The molecule has 0 aliphatic carbocycles. The molecule has 1 aromatic heterocycles. The molecule has 0 aliphatic rings. The fraction of sp³-hybridized carbons (Fsp3) is 0.462. The fourth-order valence-corrected chi connectivity index (χ4v) is 1.37. The van der Waals surface area contributed by atoms with Crippen LogP contribution in [0.2, 0.25) is 0 Å². The first-order valence-corrected chi connectivity index (χ1v) is 6.12. The molecule has 1 aromatic rings. The Hall–Kier alpha value is -2.11. The Labute approximate surface area is 112 Å². The summed E-state index contributed by atoms with van der Waals surface area (Å²) in [6, 6.07) is 3.22. The van der Waals surface area contributed by atoms with Crippen LogP contribution in [0, 0.1) is 5.41 Å². The van der Waals surface area contributed by atoms with E-state index in [9.17, 15) is 9.59 Å². The Morgan fingerprint density at radius 2 is 1.95 bits per heavy atom. The maximum absolute atomic E-state index is 11.6. The van der Waals surface area contributed by atoms with Crippen molar-refractivity contribution in [3.63, 3.8) is 0 Å². The first-order valence-electron chi connectivity index (χ1n) is 6.12. The van der Waals surface area contributed by atoms with Gasteiger partial charge in [-0.25, -0.2) is 4.79 Å². The number of carbonyl (C=O) groups excluding carboxylic acids is 1. The summed E-state index contributed by atoms with van der Waals surface area (Å²) in [7, 11) is 0. The summed E-state index contributed by atoms with van der Waals surface area (Å²) in [5.74, 6) is -0.913. The predicted molar refractivity (Wildman–Crippen MR) is 70.5 cm³/mol. The molecule has 3 N–H and O–H groups in total. The summed E-state index contributed by atoms with van der Waals surface area (Å²) in [5.41, 5.74) is -0.00443. The number of nitrogens with one attached hydrogen (secondary N) is 2. The third-order valence-electron chi connectivity index (χ3n) is 3.14. The number of carboxylic acid groups (broad SMARTS) is 1. The highest BCUT2D eigenvalue weighted by Crippen LogP contribution is 2.19. The molecule has 0 bridgehead atoms.